The van der Waals surface area contributed by atoms with Crippen LogP contribution in [0.1, 0.15) is 38.3 Å². The van der Waals surface area contributed by atoms with E-state index in [4.69, 9.17) is 34.8 Å². The number of carbonyl (C=O) groups excluding carboxylic acids is 1. The number of anilines is 2. The molecule has 1 amide bonds. The van der Waals surface area contributed by atoms with Crippen LogP contribution in [0.3, 0.4) is 0 Å². The molecule has 2 aromatic carbocycles. The SMILES string of the molecule is CC(C)C(F)CCC(c1cc(F)cc(-c2c(NC=O)cnn2C)c1)n1cnc(-c2cc(Cl)ccc2N(N)/C=C(\N)Cl)cc1=O. The lowest BCUT2D eigenvalue weighted by molar-refractivity contribution is -0.105. The quantitative estimate of drug-likeness (QED) is 0.0777. The third-order valence-corrected chi connectivity index (χ3v) is 7.45. The normalized spacial score (nSPS) is 13.2. The standard InChI is InChI=1S/C30H32Cl2F2N8O2/c1-17(2)23(34)5-7-26(18-8-19(10-21(33)9-18)30-25(38-16-43)13-39-40(30)3)41-15-37-24(12-29(41)44)22-11-20(31)4-6-27(22)42(36)14-28(32)35/h4,6,8-17,23,26H,5,7,35-36H2,1-3H3,(H,38,43)/b28-14-. The number of nitrogens with one attached hydrogen (secondary N) is 1. The summed E-state index contributed by atoms with van der Waals surface area (Å²) >= 11 is 12.0. The van der Waals surface area contributed by atoms with Crippen LogP contribution in [-0.4, -0.2) is 31.9 Å². The Morgan fingerprint density at radius 1 is 1.18 bits per heavy atom. The molecule has 2 heterocycles. The van der Waals surface area contributed by atoms with Crippen molar-refractivity contribution in [2.24, 2.45) is 24.5 Å². The van der Waals surface area contributed by atoms with Gasteiger partial charge in [-0.1, -0.05) is 37.0 Å². The van der Waals surface area contributed by atoms with Crippen molar-refractivity contribution in [2.45, 2.75) is 38.9 Å². The summed E-state index contributed by atoms with van der Waals surface area (Å²) in [6, 6.07) is 9.62. The first kappa shape index (κ1) is 32.6. The van der Waals surface area contributed by atoms with Crippen LogP contribution in [-0.2, 0) is 11.8 Å². The number of hydrogen-bond acceptors (Lipinski definition) is 7. The van der Waals surface area contributed by atoms with Crippen molar-refractivity contribution in [2.75, 3.05) is 10.3 Å². The van der Waals surface area contributed by atoms with E-state index in [1.54, 1.807) is 45.2 Å². The van der Waals surface area contributed by atoms with Gasteiger partial charge in [0.15, 0.2) is 0 Å². The molecule has 2 aromatic heterocycles. The molecule has 4 aromatic rings. The molecule has 0 aliphatic rings. The van der Waals surface area contributed by atoms with E-state index in [1.807, 2.05) is 0 Å². The Morgan fingerprint density at radius 3 is 2.59 bits per heavy atom. The fraction of sp³-hybridized carbons (Fsp3) is 0.267. The van der Waals surface area contributed by atoms with Gasteiger partial charge in [-0.15, -0.1) is 0 Å². The zero-order valence-corrected chi connectivity index (χ0v) is 25.7. The van der Waals surface area contributed by atoms with Gasteiger partial charge in [0.1, 0.15) is 17.1 Å². The highest BCUT2D eigenvalue weighted by Crippen LogP contribution is 2.34. The number of nitrogens with zero attached hydrogens (tertiary/aromatic N) is 5. The summed E-state index contributed by atoms with van der Waals surface area (Å²) in [6.45, 7) is 3.53. The highest BCUT2D eigenvalue weighted by molar-refractivity contribution is 6.31. The van der Waals surface area contributed by atoms with Crippen molar-refractivity contribution in [3.05, 3.63) is 93.1 Å². The molecule has 0 radical (unpaired) electrons. The number of rotatable bonds is 12. The van der Waals surface area contributed by atoms with Gasteiger partial charge in [0.05, 0.1) is 47.5 Å². The molecule has 0 saturated heterocycles. The average Bonchev–Trinajstić information content (AvgIpc) is 3.32. The van der Waals surface area contributed by atoms with Crippen molar-refractivity contribution >= 4 is 41.0 Å². The van der Waals surface area contributed by atoms with Gasteiger partial charge in [-0.2, -0.15) is 5.10 Å². The second-order valence-corrected chi connectivity index (χ2v) is 11.4. The fourth-order valence-corrected chi connectivity index (χ4v) is 5.22. The third kappa shape index (κ3) is 7.44. The fourth-order valence-electron chi connectivity index (χ4n) is 4.94. The lowest BCUT2D eigenvalue weighted by Crippen LogP contribution is -2.28. The number of amides is 1. The van der Waals surface area contributed by atoms with Crippen molar-refractivity contribution in [1.29, 1.82) is 0 Å². The zero-order chi connectivity index (χ0) is 32.1. The zero-order valence-electron chi connectivity index (χ0n) is 24.2. The summed E-state index contributed by atoms with van der Waals surface area (Å²) in [7, 11) is 1.65. The number of carbonyl (C=O) groups is 1. The van der Waals surface area contributed by atoms with Crippen LogP contribution < -0.4 is 27.5 Å². The van der Waals surface area contributed by atoms with Gasteiger partial charge in [0.25, 0.3) is 5.56 Å². The number of hydrogen-bond donors (Lipinski definition) is 3. The summed E-state index contributed by atoms with van der Waals surface area (Å²) in [5.41, 5.74) is 7.84. The Bertz CT molecular complexity index is 1740. The number of aryl methyl sites for hydroxylation is 1. The molecule has 44 heavy (non-hydrogen) atoms. The summed E-state index contributed by atoms with van der Waals surface area (Å²) in [4.78, 5) is 29.4. The van der Waals surface area contributed by atoms with E-state index in [0.29, 0.717) is 45.2 Å². The molecular weight excluding hydrogens is 613 g/mol. The summed E-state index contributed by atoms with van der Waals surface area (Å²) in [5, 5.41) is 8.21. The lowest BCUT2D eigenvalue weighted by atomic mass is 9.94. The molecule has 2 atom stereocenters. The first-order valence-electron chi connectivity index (χ1n) is 13.6. The molecule has 0 saturated carbocycles. The van der Waals surface area contributed by atoms with Gasteiger partial charge < -0.3 is 11.1 Å². The minimum absolute atomic E-state index is 0.0677. The van der Waals surface area contributed by atoms with E-state index in [2.05, 4.69) is 15.4 Å². The maximum absolute atomic E-state index is 15.2. The van der Waals surface area contributed by atoms with E-state index >= 15 is 4.39 Å². The summed E-state index contributed by atoms with van der Waals surface area (Å²) in [6.07, 6.45) is 3.69. The van der Waals surface area contributed by atoms with Crippen LogP contribution in [0.25, 0.3) is 22.5 Å². The Kier molecular flexibility index (Phi) is 10.4. The van der Waals surface area contributed by atoms with E-state index in [0.717, 1.165) is 0 Å². The maximum atomic E-state index is 15.2. The molecule has 0 spiro atoms. The number of halogens is 4. The van der Waals surface area contributed by atoms with E-state index in [9.17, 15) is 14.0 Å². The first-order chi connectivity index (χ1) is 20.9. The van der Waals surface area contributed by atoms with Crippen molar-refractivity contribution in [3.63, 3.8) is 0 Å². The molecule has 10 nitrogen and oxygen atoms in total. The lowest BCUT2D eigenvalue weighted by Gasteiger charge is -2.23. The number of hydrazine groups is 1. The van der Waals surface area contributed by atoms with Crippen LogP contribution in [0.2, 0.25) is 5.02 Å². The van der Waals surface area contributed by atoms with E-state index < -0.39 is 23.6 Å². The van der Waals surface area contributed by atoms with Gasteiger partial charge in [0, 0.05) is 29.3 Å². The van der Waals surface area contributed by atoms with Crippen LogP contribution in [0.15, 0.2) is 71.1 Å². The molecule has 0 fully saturated rings. The Morgan fingerprint density at radius 2 is 1.93 bits per heavy atom. The topological polar surface area (TPSA) is 137 Å². The summed E-state index contributed by atoms with van der Waals surface area (Å²) in [5.74, 6) is 5.28. The Balaban J connectivity index is 1.83. The first-order valence-corrected chi connectivity index (χ1v) is 14.4. The minimum Gasteiger partial charge on any atom is -0.388 e. The third-order valence-electron chi connectivity index (χ3n) is 7.12. The van der Waals surface area contributed by atoms with Crippen molar-refractivity contribution in [1.82, 2.24) is 19.3 Å². The molecule has 4 rings (SSSR count). The predicted molar refractivity (Wildman–Crippen MR) is 169 cm³/mol. The number of aromatic nitrogens is 4. The van der Waals surface area contributed by atoms with Crippen LogP contribution >= 0.6 is 23.2 Å². The van der Waals surface area contributed by atoms with Gasteiger partial charge >= 0.3 is 0 Å². The average molecular weight is 646 g/mol. The number of alkyl halides is 1. The second-order valence-electron chi connectivity index (χ2n) is 10.5. The Hall–Kier alpha value is -4.26. The second kappa shape index (κ2) is 14.0. The van der Waals surface area contributed by atoms with E-state index in [1.165, 1.54) is 51.2 Å². The van der Waals surface area contributed by atoms with Crippen molar-refractivity contribution < 1.29 is 13.6 Å². The molecule has 0 bridgehead atoms. The monoisotopic (exact) mass is 644 g/mol. The van der Waals surface area contributed by atoms with Crippen molar-refractivity contribution in [3.8, 4) is 22.5 Å². The maximum Gasteiger partial charge on any atom is 0.254 e. The molecule has 5 N–H and O–H groups in total. The van der Waals surface area contributed by atoms with E-state index in [-0.39, 0.29) is 29.6 Å². The van der Waals surface area contributed by atoms with Gasteiger partial charge in [-0.05, 0) is 60.7 Å². The summed E-state index contributed by atoms with van der Waals surface area (Å²) < 4.78 is 32.8. The Labute approximate surface area is 262 Å². The smallest absolute Gasteiger partial charge is 0.254 e. The molecule has 232 valence electrons. The predicted octanol–water partition coefficient (Wildman–Crippen LogP) is 5.71. The molecule has 0 aliphatic carbocycles. The van der Waals surface area contributed by atoms with Crippen LogP contribution in [0.5, 0.6) is 0 Å². The molecule has 2 unspecified atom stereocenters. The van der Waals surface area contributed by atoms with Gasteiger partial charge in [0.2, 0.25) is 6.41 Å². The molecular formula is C30H32Cl2F2N8O2. The minimum atomic E-state index is -1.15. The highest BCUT2D eigenvalue weighted by Gasteiger charge is 2.23. The largest absolute Gasteiger partial charge is 0.388 e. The van der Waals surface area contributed by atoms with Crippen LogP contribution in [0, 0.1) is 11.7 Å². The number of nitrogens with two attached hydrogens (primary N) is 2. The van der Waals surface area contributed by atoms with Crippen LogP contribution in [0.4, 0.5) is 20.2 Å². The molecule has 14 heteroatoms. The van der Waals surface area contributed by atoms with Gasteiger partial charge in [-0.25, -0.2) is 19.6 Å². The molecule has 0 aliphatic heterocycles. The highest BCUT2D eigenvalue weighted by atomic mass is 35.5. The van der Waals surface area contributed by atoms with Gasteiger partial charge in [-0.3, -0.25) is 23.8 Å². The number of benzene rings is 2.